The first-order chi connectivity index (χ1) is 12.7. The van der Waals surface area contributed by atoms with E-state index in [9.17, 15) is 22.8 Å². The van der Waals surface area contributed by atoms with Crippen molar-refractivity contribution in [1.82, 2.24) is 10.5 Å². The maximum Gasteiger partial charge on any atom is 0.416 e. The van der Waals surface area contributed by atoms with Crippen LogP contribution in [-0.2, 0) is 11.0 Å². The number of primary amides is 1. The largest absolute Gasteiger partial charge is 0.416 e. The normalized spacial score (nSPS) is 15.5. The number of anilines is 1. The molecule has 27 heavy (non-hydrogen) atoms. The van der Waals surface area contributed by atoms with Crippen molar-refractivity contribution in [1.29, 1.82) is 0 Å². The molecule has 1 unspecified atom stereocenters. The highest BCUT2D eigenvalue weighted by atomic mass is 19.4. The van der Waals surface area contributed by atoms with Crippen LogP contribution in [0.15, 0.2) is 48.5 Å². The molecule has 3 N–H and O–H groups in total. The van der Waals surface area contributed by atoms with Crippen molar-refractivity contribution in [2.45, 2.75) is 19.1 Å². The number of alkyl halides is 3. The zero-order valence-corrected chi connectivity index (χ0v) is 14.3. The van der Waals surface area contributed by atoms with Crippen LogP contribution in [-0.4, -0.2) is 23.4 Å². The van der Waals surface area contributed by atoms with Gasteiger partial charge in [-0.3, -0.25) is 14.6 Å². The fraction of sp³-hybridized carbons (Fsp3) is 0.222. The van der Waals surface area contributed by atoms with Gasteiger partial charge in [-0.2, -0.15) is 13.2 Å². The third-order valence-corrected chi connectivity index (χ3v) is 4.27. The highest BCUT2D eigenvalue weighted by Crippen LogP contribution is 2.35. The number of carbonyl (C=O) groups is 2. The Labute approximate surface area is 153 Å². The van der Waals surface area contributed by atoms with Gasteiger partial charge in [-0.25, -0.2) is 5.01 Å². The molecule has 1 aliphatic rings. The fourth-order valence-electron chi connectivity index (χ4n) is 2.92. The van der Waals surface area contributed by atoms with Crippen molar-refractivity contribution in [3.63, 3.8) is 0 Å². The molecule has 0 bridgehead atoms. The van der Waals surface area contributed by atoms with Crippen LogP contribution >= 0.6 is 0 Å². The Bertz CT molecular complexity index is 885. The Hall–Kier alpha value is -3.07. The maximum absolute atomic E-state index is 13.0. The molecule has 1 aliphatic heterocycles. The molecule has 1 heterocycles. The molecule has 2 amide bonds. The monoisotopic (exact) mass is 378 g/mol. The van der Waals surface area contributed by atoms with Crippen LogP contribution in [0.1, 0.15) is 34.5 Å². The molecule has 1 atom stereocenters. The second kappa shape index (κ2) is 6.92. The van der Waals surface area contributed by atoms with Crippen LogP contribution in [0.25, 0.3) is 0 Å². The number of benzene rings is 2. The minimum atomic E-state index is -4.46. The van der Waals surface area contributed by atoms with Gasteiger partial charge in [-0.15, -0.1) is 5.53 Å². The highest BCUT2D eigenvalue weighted by Gasteiger charge is 2.34. The van der Waals surface area contributed by atoms with E-state index in [-0.39, 0.29) is 6.54 Å². The molecule has 0 fully saturated rings. The van der Waals surface area contributed by atoms with Gasteiger partial charge in [0.05, 0.1) is 22.9 Å². The van der Waals surface area contributed by atoms with Crippen molar-refractivity contribution in [3.8, 4) is 0 Å². The van der Waals surface area contributed by atoms with E-state index >= 15 is 0 Å². The van der Waals surface area contributed by atoms with Crippen LogP contribution < -0.4 is 16.3 Å². The number of para-hydroxylation sites is 1. The smallest absolute Gasteiger partial charge is 0.368 e. The number of halogens is 3. The van der Waals surface area contributed by atoms with Gasteiger partial charge in [-0.1, -0.05) is 24.3 Å². The number of nitrogens with one attached hydrogen (secondary N) is 1. The molecule has 2 aromatic carbocycles. The Morgan fingerprint density at radius 3 is 2.56 bits per heavy atom. The lowest BCUT2D eigenvalue weighted by atomic mass is 10.0. The summed E-state index contributed by atoms with van der Waals surface area (Å²) in [6.07, 6.45) is -4.46. The topological polar surface area (TPSA) is 78.7 Å². The predicted octanol–water partition coefficient (Wildman–Crippen LogP) is 2.63. The third kappa shape index (κ3) is 3.72. The number of hydrogen-bond acceptors (Lipinski definition) is 4. The van der Waals surface area contributed by atoms with Gasteiger partial charge in [0.1, 0.15) is 6.54 Å². The van der Waals surface area contributed by atoms with E-state index in [4.69, 9.17) is 5.73 Å². The summed E-state index contributed by atoms with van der Waals surface area (Å²) in [4.78, 5) is 23.8. The van der Waals surface area contributed by atoms with Crippen LogP contribution in [0.2, 0.25) is 0 Å². The van der Waals surface area contributed by atoms with E-state index in [1.54, 1.807) is 37.3 Å². The second-order valence-electron chi connectivity index (χ2n) is 6.14. The van der Waals surface area contributed by atoms with Crippen molar-refractivity contribution < 1.29 is 22.8 Å². The number of nitrogens with zero attached hydrogens (tertiary/aromatic N) is 2. The van der Waals surface area contributed by atoms with E-state index in [1.165, 1.54) is 11.1 Å². The summed E-state index contributed by atoms with van der Waals surface area (Å²) in [6, 6.07) is 11.0. The van der Waals surface area contributed by atoms with Gasteiger partial charge in [0, 0.05) is 0 Å². The predicted molar refractivity (Wildman–Crippen MR) is 92.1 cm³/mol. The zero-order chi connectivity index (χ0) is 19.8. The molecule has 6 nitrogen and oxygen atoms in total. The summed E-state index contributed by atoms with van der Waals surface area (Å²) in [7, 11) is 0. The minimum Gasteiger partial charge on any atom is -0.368 e. The molecule has 0 aromatic heterocycles. The number of nitrogens with two attached hydrogens (primary N) is 1. The SMILES string of the molecule is CC(c1cccc(C(F)(F)F)c1)N1NN(CC(N)=O)C(=O)c2ccccc21. The van der Waals surface area contributed by atoms with Crippen LogP contribution in [0.3, 0.4) is 0 Å². The Balaban J connectivity index is 2.00. The lowest BCUT2D eigenvalue weighted by molar-refractivity contribution is -0.137. The number of rotatable bonds is 4. The first kappa shape index (κ1) is 18.7. The lowest BCUT2D eigenvalue weighted by Gasteiger charge is -2.41. The van der Waals surface area contributed by atoms with Crippen molar-refractivity contribution in [3.05, 3.63) is 65.2 Å². The van der Waals surface area contributed by atoms with Crippen LogP contribution in [0, 0.1) is 0 Å². The molecule has 142 valence electrons. The lowest BCUT2D eigenvalue weighted by Crippen LogP contribution is -2.59. The molecular formula is C18H17F3N4O2. The summed E-state index contributed by atoms with van der Waals surface area (Å²) in [5.74, 6) is -1.17. The molecular weight excluding hydrogens is 361 g/mol. The summed E-state index contributed by atoms with van der Waals surface area (Å²) in [5.41, 5.74) is 8.41. The van der Waals surface area contributed by atoms with Crippen molar-refractivity contribution in [2.24, 2.45) is 5.73 Å². The third-order valence-electron chi connectivity index (χ3n) is 4.27. The molecule has 3 rings (SSSR count). The van der Waals surface area contributed by atoms with E-state index in [0.29, 0.717) is 16.8 Å². The molecule has 9 heteroatoms. The molecule has 2 aromatic rings. The Morgan fingerprint density at radius 2 is 1.89 bits per heavy atom. The van der Waals surface area contributed by atoms with Gasteiger partial charge in [-0.05, 0) is 36.8 Å². The van der Waals surface area contributed by atoms with Gasteiger partial charge in [0.2, 0.25) is 5.91 Å². The van der Waals surface area contributed by atoms with E-state index in [1.807, 2.05) is 0 Å². The first-order valence-electron chi connectivity index (χ1n) is 8.10. The average molecular weight is 378 g/mol. The van der Waals surface area contributed by atoms with Gasteiger partial charge >= 0.3 is 6.18 Å². The molecule has 0 saturated carbocycles. The Kier molecular flexibility index (Phi) is 4.79. The van der Waals surface area contributed by atoms with Gasteiger partial charge in [0.25, 0.3) is 5.91 Å². The summed E-state index contributed by atoms with van der Waals surface area (Å²) in [5, 5.41) is 2.57. The van der Waals surface area contributed by atoms with E-state index in [2.05, 4.69) is 5.53 Å². The molecule has 0 aliphatic carbocycles. The maximum atomic E-state index is 13.0. The first-order valence-corrected chi connectivity index (χ1v) is 8.10. The standard InChI is InChI=1S/C18H17F3N4O2/c1-11(12-5-4-6-13(9-12)18(19,20)21)25-15-8-3-2-7-14(15)17(27)24(23-25)10-16(22)26/h2-9,11,23H,10H2,1H3,(H2,22,26). The zero-order valence-electron chi connectivity index (χ0n) is 14.3. The van der Waals surface area contributed by atoms with Crippen LogP contribution in [0.4, 0.5) is 18.9 Å². The van der Waals surface area contributed by atoms with Crippen molar-refractivity contribution >= 4 is 17.5 Å². The van der Waals surface area contributed by atoms with Gasteiger partial charge < -0.3 is 5.73 Å². The number of fused-ring (bicyclic) bond motifs is 1. The van der Waals surface area contributed by atoms with E-state index in [0.717, 1.165) is 17.1 Å². The number of hydrogen-bond donors (Lipinski definition) is 2. The molecule has 0 saturated heterocycles. The Morgan fingerprint density at radius 1 is 1.19 bits per heavy atom. The number of carbonyl (C=O) groups excluding carboxylic acids is 2. The number of amides is 2. The summed E-state index contributed by atoms with van der Waals surface area (Å²) < 4.78 is 39.1. The summed E-state index contributed by atoms with van der Waals surface area (Å²) in [6.45, 7) is 1.32. The molecule has 0 radical (unpaired) electrons. The average Bonchev–Trinajstić information content (AvgIpc) is 2.62. The second-order valence-corrected chi connectivity index (χ2v) is 6.14. The summed E-state index contributed by atoms with van der Waals surface area (Å²) >= 11 is 0. The van der Waals surface area contributed by atoms with Crippen molar-refractivity contribution in [2.75, 3.05) is 11.6 Å². The quantitative estimate of drug-likeness (QED) is 0.857. The van der Waals surface area contributed by atoms with Gasteiger partial charge in [0.15, 0.2) is 0 Å². The highest BCUT2D eigenvalue weighted by molar-refractivity contribution is 6.02. The van der Waals surface area contributed by atoms with E-state index < -0.39 is 29.6 Å². The van der Waals surface area contributed by atoms with Crippen LogP contribution in [0.5, 0.6) is 0 Å². The molecule has 0 spiro atoms. The fourth-order valence-corrected chi connectivity index (χ4v) is 2.92. The number of hydrazine groups is 2. The minimum absolute atomic E-state index is 0.316.